The molecule has 1 fully saturated rings. The van der Waals surface area contributed by atoms with Gasteiger partial charge in [-0.15, -0.1) is 12.4 Å². The summed E-state index contributed by atoms with van der Waals surface area (Å²) in [6.07, 6.45) is 0. The van der Waals surface area contributed by atoms with Crippen LogP contribution in [0.5, 0.6) is 0 Å². The van der Waals surface area contributed by atoms with Gasteiger partial charge in [-0.25, -0.2) is 0 Å². The minimum absolute atomic E-state index is 0. The van der Waals surface area contributed by atoms with Crippen molar-refractivity contribution in [1.82, 2.24) is 0 Å². The summed E-state index contributed by atoms with van der Waals surface area (Å²) in [5.74, 6) is 0. The van der Waals surface area contributed by atoms with Crippen molar-refractivity contribution in [3.05, 3.63) is 29.3 Å². The molecule has 2 N–H and O–H groups in total. The van der Waals surface area contributed by atoms with Gasteiger partial charge in [-0.2, -0.15) is 0 Å². The van der Waals surface area contributed by atoms with Crippen molar-refractivity contribution in [2.45, 2.75) is 58.8 Å². The molecule has 1 aliphatic rings. The van der Waals surface area contributed by atoms with E-state index in [9.17, 15) is 0 Å². The van der Waals surface area contributed by atoms with Gasteiger partial charge in [0.15, 0.2) is 0 Å². The first-order valence-corrected chi connectivity index (χ1v) is 6.86. The molecule has 5 heteroatoms. The molecule has 0 spiro atoms. The Hall–Kier alpha value is -0.545. The summed E-state index contributed by atoms with van der Waals surface area (Å²) in [7, 11) is -0.300. The molecule has 2 rings (SSSR count). The van der Waals surface area contributed by atoms with Crippen LogP contribution in [0.3, 0.4) is 0 Å². The molecular formula is C15H25BClNO2. The second kappa shape index (κ2) is 5.68. The highest BCUT2D eigenvalue weighted by Crippen LogP contribution is 2.36. The Morgan fingerprint density at radius 2 is 1.60 bits per heavy atom. The molecule has 112 valence electrons. The quantitative estimate of drug-likeness (QED) is 0.854. The monoisotopic (exact) mass is 297 g/mol. The van der Waals surface area contributed by atoms with Crippen LogP contribution >= 0.6 is 12.4 Å². The maximum absolute atomic E-state index is 6.05. The Morgan fingerprint density at radius 1 is 1.10 bits per heavy atom. The van der Waals surface area contributed by atoms with Crippen molar-refractivity contribution >= 4 is 25.0 Å². The lowest BCUT2D eigenvalue weighted by Crippen LogP contribution is -2.41. The Balaban J connectivity index is 0.00000200. The second-order valence-corrected chi connectivity index (χ2v) is 6.49. The van der Waals surface area contributed by atoms with Gasteiger partial charge in [0.25, 0.3) is 0 Å². The molecule has 1 heterocycles. The van der Waals surface area contributed by atoms with E-state index in [1.807, 2.05) is 13.0 Å². The largest absolute Gasteiger partial charge is 0.494 e. The van der Waals surface area contributed by atoms with Gasteiger partial charge < -0.3 is 15.0 Å². The molecule has 0 aliphatic carbocycles. The van der Waals surface area contributed by atoms with Gasteiger partial charge in [0.1, 0.15) is 0 Å². The highest BCUT2D eigenvalue weighted by Gasteiger charge is 2.51. The first-order chi connectivity index (χ1) is 8.64. The molecule has 1 aromatic rings. The average molecular weight is 298 g/mol. The second-order valence-electron chi connectivity index (χ2n) is 6.49. The molecule has 1 aliphatic heterocycles. The van der Waals surface area contributed by atoms with Gasteiger partial charge in [-0.1, -0.05) is 18.2 Å². The van der Waals surface area contributed by atoms with E-state index in [1.165, 1.54) is 11.1 Å². The van der Waals surface area contributed by atoms with E-state index in [2.05, 4.69) is 46.8 Å². The maximum Gasteiger partial charge on any atom is 0.494 e. The summed E-state index contributed by atoms with van der Waals surface area (Å²) >= 11 is 0. The van der Waals surface area contributed by atoms with Crippen molar-refractivity contribution < 1.29 is 9.31 Å². The average Bonchev–Trinajstić information content (AvgIpc) is 2.47. The molecule has 1 aromatic carbocycles. The minimum Gasteiger partial charge on any atom is -0.399 e. The van der Waals surface area contributed by atoms with E-state index in [-0.39, 0.29) is 36.8 Å². The standard InChI is InChI=1S/C15H24BNO2.ClH/c1-10-9-12(7-8-13(10)11(2)17)16-18-14(3,4)15(5,6)19-16;/h7-9,11H,17H2,1-6H3;1H/t11-;/m0./s1. The van der Waals surface area contributed by atoms with Crippen molar-refractivity contribution in [3.8, 4) is 0 Å². The Kier molecular flexibility index (Phi) is 4.97. The maximum atomic E-state index is 6.05. The fourth-order valence-electron chi connectivity index (χ4n) is 2.34. The third-order valence-electron chi connectivity index (χ3n) is 4.31. The molecule has 3 nitrogen and oxygen atoms in total. The van der Waals surface area contributed by atoms with Crippen LogP contribution in [0.2, 0.25) is 0 Å². The van der Waals surface area contributed by atoms with Crippen molar-refractivity contribution in [3.63, 3.8) is 0 Å². The molecule has 0 saturated carbocycles. The number of halogens is 1. The molecular weight excluding hydrogens is 272 g/mol. The first-order valence-electron chi connectivity index (χ1n) is 6.86. The highest BCUT2D eigenvalue weighted by molar-refractivity contribution is 6.62. The van der Waals surface area contributed by atoms with Crippen LogP contribution in [-0.4, -0.2) is 18.3 Å². The van der Waals surface area contributed by atoms with Crippen molar-refractivity contribution in [2.75, 3.05) is 0 Å². The van der Waals surface area contributed by atoms with E-state index in [1.54, 1.807) is 0 Å². The van der Waals surface area contributed by atoms with E-state index < -0.39 is 0 Å². The van der Waals surface area contributed by atoms with E-state index >= 15 is 0 Å². The van der Waals surface area contributed by atoms with Crippen LogP contribution in [0.15, 0.2) is 18.2 Å². The number of aryl methyl sites for hydroxylation is 1. The zero-order valence-corrected chi connectivity index (χ0v) is 14.0. The van der Waals surface area contributed by atoms with Crippen LogP contribution in [0.1, 0.15) is 51.8 Å². The lowest BCUT2D eigenvalue weighted by molar-refractivity contribution is 0.00578. The highest BCUT2D eigenvalue weighted by atomic mass is 35.5. The van der Waals surface area contributed by atoms with Crippen molar-refractivity contribution in [1.29, 1.82) is 0 Å². The summed E-state index contributed by atoms with van der Waals surface area (Å²) in [5.41, 5.74) is 8.75. The summed E-state index contributed by atoms with van der Waals surface area (Å²) in [6.45, 7) is 12.3. The van der Waals surface area contributed by atoms with Gasteiger partial charge in [0.2, 0.25) is 0 Å². The molecule has 0 amide bonds. The molecule has 0 aromatic heterocycles. The molecule has 20 heavy (non-hydrogen) atoms. The number of hydrogen-bond donors (Lipinski definition) is 1. The molecule has 0 unspecified atom stereocenters. The zero-order chi connectivity index (χ0) is 14.4. The van der Waals surface area contributed by atoms with Crippen LogP contribution in [0, 0.1) is 6.92 Å². The number of benzene rings is 1. The fraction of sp³-hybridized carbons (Fsp3) is 0.600. The summed E-state index contributed by atoms with van der Waals surface area (Å²) in [5, 5.41) is 0. The molecule has 1 atom stereocenters. The molecule has 0 radical (unpaired) electrons. The van der Waals surface area contributed by atoms with Crippen LogP contribution < -0.4 is 11.2 Å². The smallest absolute Gasteiger partial charge is 0.399 e. The van der Waals surface area contributed by atoms with Crippen molar-refractivity contribution in [2.24, 2.45) is 5.73 Å². The Labute approximate surface area is 128 Å². The van der Waals surface area contributed by atoms with Gasteiger partial charge >= 0.3 is 7.12 Å². The van der Waals surface area contributed by atoms with Gasteiger partial charge in [-0.05, 0) is 58.1 Å². The van der Waals surface area contributed by atoms with Crippen LogP contribution in [0.4, 0.5) is 0 Å². The zero-order valence-electron chi connectivity index (χ0n) is 13.2. The Morgan fingerprint density at radius 3 is 2.00 bits per heavy atom. The number of nitrogens with two attached hydrogens (primary N) is 1. The number of rotatable bonds is 2. The first kappa shape index (κ1) is 17.5. The third-order valence-corrected chi connectivity index (χ3v) is 4.31. The summed E-state index contributed by atoms with van der Waals surface area (Å²) in [6, 6.07) is 6.28. The SMILES string of the molecule is Cc1cc(B2OC(C)(C)C(C)(C)O2)ccc1[C@H](C)N.Cl. The van der Waals surface area contributed by atoms with E-state index in [0.29, 0.717) is 0 Å². The minimum atomic E-state index is -0.300. The van der Waals surface area contributed by atoms with Gasteiger partial charge in [0.05, 0.1) is 11.2 Å². The predicted molar refractivity (Wildman–Crippen MR) is 86.7 cm³/mol. The lowest BCUT2D eigenvalue weighted by atomic mass is 9.77. The third kappa shape index (κ3) is 3.04. The lowest BCUT2D eigenvalue weighted by Gasteiger charge is -2.32. The topological polar surface area (TPSA) is 44.5 Å². The summed E-state index contributed by atoms with van der Waals surface area (Å²) < 4.78 is 12.1. The predicted octanol–water partition coefficient (Wildman–Crippen LogP) is 2.74. The van der Waals surface area contributed by atoms with Gasteiger partial charge in [-0.3, -0.25) is 0 Å². The van der Waals surface area contributed by atoms with Crippen LogP contribution in [-0.2, 0) is 9.31 Å². The normalized spacial score (nSPS) is 21.4. The molecule has 1 saturated heterocycles. The fourth-order valence-corrected chi connectivity index (χ4v) is 2.34. The molecule has 0 bridgehead atoms. The number of hydrogen-bond acceptors (Lipinski definition) is 3. The van der Waals surface area contributed by atoms with Gasteiger partial charge in [0, 0.05) is 6.04 Å². The Bertz CT molecular complexity index is 473. The van der Waals surface area contributed by atoms with E-state index in [0.717, 1.165) is 5.46 Å². The van der Waals surface area contributed by atoms with E-state index in [4.69, 9.17) is 15.0 Å². The van der Waals surface area contributed by atoms with Crippen LogP contribution in [0.25, 0.3) is 0 Å². The summed E-state index contributed by atoms with van der Waals surface area (Å²) in [4.78, 5) is 0.